The Balaban J connectivity index is 2.50. The highest BCUT2D eigenvalue weighted by Gasteiger charge is 2.37. The number of carbonyl (C=O) groups excluding carboxylic acids is 2. The Hall–Kier alpha value is -1.76. The lowest BCUT2D eigenvalue weighted by molar-refractivity contribution is -0.140. The molecular formula is C17H20Cl2N2O4. The van der Waals surface area contributed by atoms with Crippen molar-refractivity contribution in [1.82, 2.24) is 10.2 Å². The number of methoxy groups -OCH3 is 1. The number of hydrogen-bond donors (Lipinski definition) is 1. The van der Waals surface area contributed by atoms with E-state index < -0.39 is 12.0 Å². The van der Waals surface area contributed by atoms with E-state index in [1.807, 2.05) is 6.92 Å². The maximum absolute atomic E-state index is 12.7. The summed E-state index contributed by atoms with van der Waals surface area (Å²) >= 11 is 12.6. The highest BCUT2D eigenvalue weighted by atomic mass is 35.5. The third-order valence-corrected chi connectivity index (χ3v) is 4.60. The van der Waals surface area contributed by atoms with Gasteiger partial charge in [-0.15, -0.1) is 0 Å². The van der Waals surface area contributed by atoms with Gasteiger partial charge in [0.1, 0.15) is 6.61 Å². The Kier molecular flexibility index (Phi) is 6.70. The van der Waals surface area contributed by atoms with Crippen molar-refractivity contribution < 1.29 is 19.1 Å². The van der Waals surface area contributed by atoms with E-state index in [9.17, 15) is 9.59 Å². The number of urea groups is 1. The second kappa shape index (κ2) is 8.56. The van der Waals surface area contributed by atoms with Crippen LogP contribution in [0.25, 0.3) is 0 Å². The van der Waals surface area contributed by atoms with Gasteiger partial charge in [0.2, 0.25) is 0 Å². The van der Waals surface area contributed by atoms with E-state index in [0.29, 0.717) is 33.4 Å². The lowest BCUT2D eigenvalue weighted by atomic mass is 9.94. The average molecular weight is 387 g/mol. The number of esters is 1. The number of amides is 2. The molecule has 0 fully saturated rings. The normalized spacial score (nSPS) is 17.6. The van der Waals surface area contributed by atoms with E-state index in [0.717, 1.165) is 0 Å². The van der Waals surface area contributed by atoms with Crippen molar-refractivity contribution in [2.24, 2.45) is 0 Å². The number of nitrogens with zero attached hydrogens (tertiary/aromatic N) is 1. The summed E-state index contributed by atoms with van der Waals surface area (Å²) in [4.78, 5) is 26.5. The van der Waals surface area contributed by atoms with Crippen molar-refractivity contribution in [3.63, 3.8) is 0 Å². The molecule has 0 bridgehead atoms. The molecule has 1 atom stereocenters. The molecular weight excluding hydrogens is 367 g/mol. The molecule has 0 aliphatic carbocycles. The van der Waals surface area contributed by atoms with Crippen LogP contribution in [0.2, 0.25) is 10.0 Å². The van der Waals surface area contributed by atoms with Crippen LogP contribution < -0.4 is 5.32 Å². The van der Waals surface area contributed by atoms with Gasteiger partial charge in [-0.1, -0.05) is 29.3 Å². The molecule has 2 amide bonds. The zero-order chi connectivity index (χ0) is 18.6. The highest BCUT2D eigenvalue weighted by molar-refractivity contribution is 6.36. The molecule has 1 aliphatic heterocycles. The summed E-state index contributed by atoms with van der Waals surface area (Å²) < 4.78 is 10.2. The third kappa shape index (κ3) is 4.08. The van der Waals surface area contributed by atoms with Crippen molar-refractivity contribution in [2.45, 2.75) is 19.9 Å². The van der Waals surface area contributed by atoms with Gasteiger partial charge in [-0.2, -0.15) is 0 Å². The van der Waals surface area contributed by atoms with Gasteiger partial charge in [-0.05, 0) is 26.0 Å². The number of halogens is 2. The van der Waals surface area contributed by atoms with Crippen molar-refractivity contribution >= 4 is 35.2 Å². The van der Waals surface area contributed by atoms with Gasteiger partial charge in [-0.25, -0.2) is 9.59 Å². The molecule has 136 valence electrons. The number of benzene rings is 1. The first-order chi connectivity index (χ1) is 11.9. The predicted octanol–water partition coefficient (Wildman–Crippen LogP) is 3.54. The minimum Gasteiger partial charge on any atom is -0.460 e. The first kappa shape index (κ1) is 19.6. The van der Waals surface area contributed by atoms with Gasteiger partial charge >= 0.3 is 12.0 Å². The van der Waals surface area contributed by atoms with Gasteiger partial charge in [0.15, 0.2) is 0 Å². The van der Waals surface area contributed by atoms with Crippen LogP contribution in [-0.2, 0) is 14.3 Å². The lowest BCUT2D eigenvalue weighted by Gasteiger charge is -2.35. The summed E-state index contributed by atoms with van der Waals surface area (Å²) in [6, 6.07) is 3.90. The van der Waals surface area contributed by atoms with Crippen molar-refractivity contribution in [1.29, 1.82) is 0 Å². The smallest absolute Gasteiger partial charge is 0.338 e. The van der Waals surface area contributed by atoms with E-state index in [1.165, 1.54) is 12.0 Å². The molecule has 0 saturated heterocycles. The minimum absolute atomic E-state index is 0.106. The third-order valence-electron chi connectivity index (χ3n) is 3.94. The second-order valence-electron chi connectivity index (χ2n) is 5.39. The van der Waals surface area contributed by atoms with Crippen LogP contribution in [0.4, 0.5) is 4.79 Å². The van der Waals surface area contributed by atoms with Gasteiger partial charge in [-0.3, -0.25) is 4.90 Å². The van der Waals surface area contributed by atoms with E-state index in [4.69, 9.17) is 32.7 Å². The topological polar surface area (TPSA) is 67.9 Å². The molecule has 0 radical (unpaired) electrons. The summed E-state index contributed by atoms with van der Waals surface area (Å²) in [6.07, 6.45) is 0. The Morgan fingerprint density at radius 3 is 2.48 bits per heavy atom. The molecule has 0 saturated carbocycles. The largest absolute Gasteiger partial charge is 0.460 e. The molecule has 2 rings (SSSR count). The number of rotatable bonds is 6. The fourth-order valence-corrected chi connectivity index (χ4v) is 3.34. The van der Waals surface area contributed by atoms with Crippen LogP contribution >= 0.6 is 23.2 Å². The van der Waals surface area contributed by atoms with E-state index >= 15 is 0 Å². The summed E-state index contributed by atoms with van der Waals surface area (Å²) in [5.41, 5.74) is 1.27. The van der Waals surface area contributed by atoms with Crippen LogP contribution in [0.1, 0.15) is 25.5 Å². The molecule has 8 heteroatoms. The molecule has 1 aliphatic rings. The summed E-state index contributed by atoms with van der Waals surface area (Å²) in [6.45, 7) is 4.32. The van der Waals surface area contributed by atoms with Gasteiger partial charge in [0.05, 0.1) is 18.2 Å². The number of allylic oxidation sites excluding steroid dienone is 1. The summed E-state index contributed by atoms with van der Waals surface area (Å²) in [5, 5.41) is 3.51. The maximum atomic E-state index is 12.7. The molecule has 0 aromatic heterocycles. The summed E-state index contributed by atoms with van der Waals surface area (Å²) in [5.74, 6) is -0.547. The first-order valence-corrected chi connectivity index (χ1v) is 8.56. The van der Waals surface area contributed by atoms with Crippen molar-refractivity contribution in [2.75, 3.05) is 26.9 Å². The van der Waals surface area contributed by atoms with Crippen LogP contribution in [0.15, 0.2) is 29.5 Å². The van der Waals surface area contributed by atoms with Crippen LogP contribution in [-0.4, -0.2) is 43.8 Å². The van der Waals surface area contributed by atoms with Crippen LogP contribution in [0.3, 0.4) is 0 Å². The Bertz CT molecular complexity index is 686. The average Bonchev–Trinajstić information content (AvgIpc) is 2.55. The predicted molar refractivity (Wildman–Crippen MR) is 95.6 cm³/mol. The molecule has 6 nitrogen and oxygen atoms in total. The van der Waals surface area contributed by atoms with E-state index in [1.54, 1.807) is 25.1 Å². The Labute approximate surface area is 156 Å². The zero-order valence-corrected chi connectivity index (χ0v) is 15.8. The molecule has 1 N–H and O–H groups in total. The lowest BCUT2D eigenvalue weighted by Crippen LogP contribution is -2.48. The summed E-state index contributed by atoms with van der Waals surface area (Å²) in [7, 11) is 1.52. The fraction of sp³-hybridized carbons (Fsp3) is 0.412. The van der Waals surface area contributed by atoms with E-state index in [-0.39, 0.29) is 19.2 Å². The van der Waals surface area contributed by atoms with Crippen molar-refractivity contribution in [3.05, 3.63) is 45.1 Å². The van der Waals surface area contributed by atoms with Crippen LogP contribution in [0, 0.1) is 0 Å². The monoisotopic (exact) mass is 386 g/mol. The Morgan fingerprint density at radius 2 is 1.92 bits per heavy atom. The molecule has 1 aromatic carbocycles. The number of carbonyl (C=O) groups is 2. The zero-order valence-electron chi connectivity index (χ0n) is 14.3. The van der Waals surface area contributed by atoms with Gasteiger partial charge in [0.25, 0.3) is 0 Å². The fourth-order valence-electron chi connectivity index (χ4n) is 2.72. The molecule has 1 unspecified atom stereocenters. The molecule has 1 heterocycles. The first-order valence-electron chi connectivity index (χ1n) is 7.81. The van der Waals surface area contributed by atoms with E-state index in [2.05, 4.69) is 5.32 Å². The SMILES string of the molecule is CCN1C(=O)NC(c2c(Cl)cccc2Cl)C(C(=O)OCCOC)=C1C. The number of hydrogen-bond acceptors (Lipinski definition) is 4. The van der Waals surface area contributed by atoms with Gasteiger partial charge in [0, 0.05) is 35.0 Å². The van der Waals surface area contributed by atoms with Gasteiger partial charge < -0.3 is 14.8 Å². The number of nitrogens with one attached hydrogen (secondary N) is 1. The maximum Gasteiger partial charge on any atom is 0.338 e. The molecule has 25 heavy (non-hydrogen) atoms. The Morgan fingerprint density at radius 1 is 1.28 bits per heavy atom. The minimum atomic E-state index is -0.786. The standard InChI is InChI=1S/C17H20Cl2N2O4/c1-4-21-10(2)13(16(22)25-9-8-24-3)15(20-17(21)23)14-11(18)6-5-7-12(14)19/h5-7,15H,4,8-9H2,1-3H3,(H,20,23). The quantitative estimate of drug-likeness (QED) is 0.599. The highest BCUT2D eigenvalue weighted by Crippen LogP contribution is 2.38. The number of ether oxygens (including phenoxy) is 2. The van der Waals surface area contributed by atoms with Crippen molar-refractivity contribution in [3.8, 4) is 0 Å². The molecule has 0 spiro atoms. The molecule has 1 aromatic rings. The second-order valence-corrected chi connectivity index (χ2v) is 6.20. The van der Waals surface area contributed by atoms with Crippen LogP contribution in [0.5, 0.6) is 0 Å².